The lowest BCUT2D eigenvalue weighted by Gasteiger charge is -2.34. The number of amides is 2. The molecule has 0 saturated carbocycles. The van der Waals surface area contributed by atoms with E-state index in [4.69, 9.17) is 0 Å². The summed E-state index contributed by atoms with van der Waals surface area (Å²) in [6.07, 6.45) is 1.75. The van der Waals surface area contributed by atoms with Gasteiger partial charge in [0, 0.05) is 39.3 Å². The zero-order valence-corrected chi connectivity index (χ0v) is 16.4. The SMILES string of the molecule is CCCc1nnsc1C(=O)N1CCN(CCNC(=O)c2cccs2)CC1. The van der Waals surface area contributed by atoms with Gasteiger partial charge in [-0.3, -0.25) is 14.5 Å². The number of aryl methyl sites for hydroxylation is 1. The fourth-order valence-electron chi connectivity index (χ4n) is 2.91. The van der Waals surface area contributed by atoms with Crippen LogP contribution in [0.2, 0.25) is 0 Å². The van der Waals surface area contributed by atoms with Crippen LogP contribution in [-0.2, 0) is 6.42 Å². The highest BCUT2D eigenvalue weighted by atomic mass is 32.1. The van der Waals surface area contributed by atoms with Crippen molar-refractivity contribution >= 4 is 34.7 Å². The molecule has 1 aliphatic rings. The van der Waals surface area contributed by atoms with Crippen molar-refractivity contribution in [2.45, 2.75) is 19.8 Å². The number of thiophene rings is 1. The molecule has 1 saturated heterocycles. The summed E-state index contributed by atoms with van der Waals surface area (Å²) in [5, 5.41) is 8.93. The third-order valence-corrected chi connectivity index (χ3v) is 5.98. The first-order chi connectivity index (χ1) is 12.7. The highest BCUT2D eigenvalue weighted by Crippen LogP contribution is 2.16. The second-order valence-electron chi connectivity index (χ2n) is 6.17. The molecule has 0 aliphatic carbocycles. The number of carbonyl (C=O) groups is 2. The first-order valence-corrected chi connectivity index (χ1v) is 10.5. The molecule has 3 heterocycles. The summed E-state index contributed by atoms with van der Waals surface area (Å²) in [5.74, 6) is 0.0315. The van der Waals surface area contributed by atoms with E-state index in [0.29, 0.717) is 24.5 Å². The maximum absolute atomic E-state index is 12.7. The Morgan fingerprint density at radius 2 is 2.08 bits per heavy atom. The van der Waals surface area contributed by atoms with Gasteiger partial charge in [-0.05, 0) is 29.4 Å². The first-order valence-electron chi connectivity index (χ1n) is 8.83. The molecule has 3 rings (SSSR count). The van der Waals surface area contributed by atoms with Crippen LogP contribution in [-0.4, -0.2) is 70.5 Å². The Hall–Kier alpha value is -1.84. The molecule has 0 unspecified atom stereocenters. The van der Waals surface area contributed by atoms with E-state index in [2.05, 4.69) is 26.7 Å². The molecule has 7 nitrogen and oxygen atoms in total. The fraction of sp³-hybridized carbons (Fsp3) is 0.529. The van der Waals surface area contributed by atoms with Crippen molar-refractivity contribution in [2.24, 2.45) is 0 Å². The third-order valence-electron chi connectivity index (χ3n) is 4.35. The number of rotatable bonds is 7. The first kappa shape index (κ1) is 18.9. The van der Waals surface area contributed by atoms with Crippen LogP contribution >= 0.6 is 22.9 Å². The molecule has 9 heteroatoms. The molecule has 2 aromatic heterocycles. The molecule has 0 spiro atoms. The van der Waals surface area contributed by atoms with Crippen molar-refractivity contribution in [3.8, 4) is 0 Å². The van der Waals surface area contributed by atoms with E-state index in [-0.39, 0.29) is 11.8 Å². The van der Waals surface area contributed by atoms with Crippen molar-refractivity contribution in [1.29, 1.82) is 0 Å². The predicted molar refractivity (Wildman–Crippen MR) is 103 cm³/mol. The van der Waals surface area contributed by atoms with Crippen LogP contribution in [0.4, 0.5) is 0 Å². The highest BCUT2D eigenvalue weighted by Gasteiger charge is 2.25. The maximum atomic E-state index is 12.7. The minimum atomic E-state index is -0.0186. The Bertz CT molecular complexity index is 723. The number of piperazine rings is 1. The Kier molecular flexibility index (Phi) is 6.70. The highest BCUT2D eigenvalue weighted by molar-refractivity contribution is 7.12. The van der Waals surface area contributed by atoms with Gasteiger partial charge in [0.1, 0.15) is 4.88 Å². The van der Waals surface area contributed by atoms with Crippen LogP contribution in [0.1, 0.15) is 38.4 Å². The summed E-state index contributed by atoms with van der Waals surface area (Å²) in [5.41, 5.74) is 0.821. The van der Waals surface area contributed by atoms with Crippen molar-refractivity contribution < 1.29 is 9.59 Å². The molecule has 0 bridgehead atoms. The van der Waals surface area contributed by atoms with Gasteiger partial charge in [-0.25, -0.2) is 0 Å². The average Bonchev–Trinajstić information content (AvgIpc) is 3.34. The standard InChI is InChI=1S/C17H23N5O2S2/c1-2-4-13-15(26-20-19-13)17(24)22-10-8-21(9-11-22)7-6-18-16(23)14-5-3-12-25-14/h3,5,12H,2,4,6-11H2,1H3,(H,18,23). The van der Waals surface area contributed by atoms with Gasteiger partial charge in [0.05, 0.1) is 10.6 Å². The number of nitrogens with zero attached hydrogens (tertiary/aromatic N) is 4. The van der Waals surface area contributed by atoms with Crippen molar-refractivity contribution in [1.82, 2.24) is 24.7 Å². The number of hydrogen-bond acceptors (Lipinski definition) is 7. The van der Waals surface area contributed by atoms with Crippen molar-refractivity contribution in [3.05, 3.63) is 33.0 Å². The summed E-state index contributed by atoms with van der Waals surface area (Å²) >= 11 is 2.64. The van der Waals surface area contributed by atoms with E-state index >= 15 is 0 Å². The van der Waals surface area contributed by atoms with Crippen LogP contribution in [0.5, 0.6) is 0 Å². The smallest absolute Gasteiger partial charge is 0.267 e. The monoisotopic (exact) mass is 393 g/mol. The Balaban J connectivity index is 1.42. The van der Waals surface area contributed by atoms with Gasteiger partial charge >= 0.3 is 0 Å². The zero-order chi connectivity index (χ0) is 18.4. The number of carbonyl (C=O) groups excluding carboxylic acids is 2. The van der Waals surface area contributed by atoms with Gasteiger partial charge in [-0.1, -0.05) is 23.9 Å². The van der Waals surface area contributed by atoms with Crippen LogP contribution in [0.15, 0.2) is 17.5 Å². The van der Waals surface area contributed by atoms with Crippen LogP contribution < -0.4 is 5.32 Å². The minimum Gasteiger partial charge on any atom is -0.350 e. The Labute approximate surface area is 161 Å². The van der Waals surface area contributed by atoms with Crippen molar-refractivity contribution in [3.63, 3.8) is 0 Å². The number of hydrogen-bond donors (Lipinski definition) is 1. The van der Waals surface area contributed by atoms with Crippen LogP contribution in [0.25, 0.3) is 0 Å². The molecule has 1 aliphatic heterocycles. The largest absolute Gasteiger partial charge is 0.350 e. The van der Waals surface area contributed by atoms with E-state index in [1.54, 1.807) is 0 Å². The molecule has 1 fully saturated rings. The maximum Gasteiger partial charge on any atom is 0.267 e. The second-order valence-corrected chi connectivity index (χ2v) is 7.87. The number of aromatic nitrogens is 2. The molecule has 2 amide bonds. The minimum absolute atomic E-state index is 0.0186. The summed E-state index contributed by atoms with van der Waals surface area (Å²) in [7, 11) is 0. The van der Waals surface area contributed by atoms with Gasteiger partial charge < -0.3 is 10.2 Å². The van der Waals surface area contributed by atoms with Crippen molar-refractivity contribution in [2.75, 3.05) is 39.3 Å². The third kappa shape index (κ3) is 4.66. The van der Waals surface area contributed by atoms with Gasteiger partial charge in [0.15, 0.2) is 0 Å². The van der Waals surface area contributed by atoms with E-state index in [1.165, 1.54) is 22.9 Å². The Morgan fingerprint density at radius 3 is 2.77 bits per heavy atom. The fourth-order valence-corrected chi connectivity index (χ4v) is 4.23. The van der Waals surface area contributed by atoms with E-state index < -0.39 is 0 Å². The summed E-state index contributed by atoms with van der Waals surface area (Å²) < 4.78 is 3.94. The van der Waals surface area contributed by atoms with E-state index in [0.717, 1.165) is 43.0 Å². The molecule has 0 atom stereocenters. The lowest BCUT2D eigenvalue weighted by molar-refractivity contribution is 0.0641. The topological polar surface area (TPSA) is 78.4 Å². The zero-order valence-electron chi connectivity index (χ0n) is 14.8. The average molecular weight is 394 g/mol. The van der Waals surface area contributed by atoms with Crippen LogP contribution in [0.3, 0.4) is 0 Å². The normalized spacial score (nSPS) is 15.2. The van der Waals surface area contributed by atoms with E-state index in [9.17, 15) is 9.59 Å². The number of nitrogens with one attached hydrogen (secondary N) is 1. The van der Waals surface area contributed by atoms with Crippen LogP contribution in [0, 0.1) is 0 Å². The van der Waals surface area contributed by atoms with E-state index in [1.807, 2.05) is 22.4 Å². The molecular weight excluding hydrogens is 370 g/mol. The summed E-state index contributed by atoms with van der Waals surface area (Å²) in [6.45, 7) is 6.50. The molecule has 2 aromatic rings. The lowest BCUT2D eigenvalue weighted by atomic mass is 10.2. The Morgan fingerprint density at radius 1 is 1.27 bits per heavy atom. The molecule has 0 aromatic carbocycles. The second kappa shape index (κ2) is 9.20. The molecule has 140 valence electrons. The summed E-state index contributed by atoms with van der Waals surface area (Å²) in [4.78, 5) is 30.2. The molecule has 0 radical (unpaired) electrons. The summed E-state index contributed by atoms with van der Waals surface area (Å²) in [6, 6.07) is 3.70. The quantitative estimate of drug-likeness (QED) is 0.775. The predicted octanol–water partition coefficient (Wildman–Crippen LogP) is 1.74. The van der Waals surface area contributed by atoms with Gasteiger partial charge in [-0.15, -0.1) is 16.4 Å². The molecule has 1 N–H and O–H groups in total. The lowest BCUT2D eigenvalue weighted by Crippen LogP contribution is -2.50. The van der Waals surface area contributed by atoms with Gasteiger partial charge in [0.2, 0.25) is 0 Å². The molecular formula is C17H23N5O2S2. The van der Waals surface area contributed by atoms with Gasteiger partial charge in [-0.2, -0.15) is 0 Å². The van der Waals surface area contributed by atoms with Gasteiger partial charge in [0.25, 0.3) is 11.8 Å². The molecule has 26 heavy (non-hydrogen) atoms.